The average Bonchev–Trinajstić information content (AvgIpc) is 2.83. The van der Waals surface area contributed by atoms with Gasteiger partial charge in [0, 0.05) is 12.2 Å². The van der Waals surface area contributed by atoms with Gasteiger partial charge in [-0.05, 0) is 18.1 Å². The van der Waals surface area contributed by atoms with Crippen molar-refractivity contribution in [1.29, 1.82) is 0 Å². The van der Waals surface area contributed by atoms with Gasteiger partial charge in [-0.2, -0.15) is 4.98 Å². The Morgan fingerprint density at radius 1 is 1.33 bits per heavy atom. The molecule has 5 nitrogen and oxygen atoms in total. The summed E-state index contributed by atoms with van der Waals surface area (Å²) in [6, 6.07) is 7.90. The molecule has 6 heteroatoms. The number of nitrogens with two attached hydrogens (primary N) is 1. The summed E-state index contributed by atoms with van der Waals surface area (Å²) in [5.41, 5.74) is 4.50. The molecule has 0 saturated carbocycles. The fourth-order valence-corrected chi connectivity index (χ4v) is 2.18. The molecule has 0 saturated heterocycles. The van der Waals surface area contributed by atoms with Crippen LogP contribution >= 0.6 is 0 Å². The number of benzene rings is 1. The van der Waals surface area contributed by atoms with Crippen LogP contribution in [0.2, 0.25) is 0 Å². The fraction of sp³-hybridized carbons (Fsp3) is 0.167. The third-order valence-electron chi connectivity index (χ3n) is 3.00. The number of hydrogen-bond donors (Lipinski definition) is 2. The molecule has 1 aliphatic rings. The Morgan fingerprint density at radius 3 is 3.00 bits per heavy atom. The van der Waals surface area contributed by atoms with Crippen molar-refractivity contribution in [2.75, 3.05) is 16.9 Å². The lowest BCUT2D eigenvalue weighted by molar-refractivity contribution is 0.612. The van der Waals surface area contributed by atoms with E-state index in [-0.39, 0.29) is 11.8 Å². The van der Waals surface area contributed by atoms with Crippen LogP contribution in [0.3, 0.4) is 0 Å². The number of nitrogens with zero attached hydrogens (tertiary/aromatic N) is 3. The first kappa shape index (κ1) is 10.9. The fourth-order valence-electron chi connectivity index (χ4n) is 2.18. The first-order valence-corrected chi connectivity index (χ1v) is 5.64. The quantitative estimate of drug-likeness (QED) is 0.621. The molecule has 0 spiro atoms. The molecule has 0 atom stereocenters. The predicted octanol–water partition coefficient (Wildman–Crippen LogP) is 1.60. The van der Waals surface area contributed by atoms with Crippen molar-refractivity contribution in [1.82, 2.24) is 9.97 Å². The van der Waals surface area contributed by atoms with E-state index in [1.807, 2.05) is 29.2 Å². The molecule has 92 valence electrons. The second-order valence-corrected chi connectivity index (χ2v) is 4.04. The molecule has 18 heavy (non-hydrogen) atoms. The van der Waals surface area contributed by atoms with Crippen LogP contribution in [-0.4, -0.2) is 16.5 Å². The third-order valence-corrected chi connectivity index (χ3v) is 3.00. The van der Waals surface area contributed by atoms with Gasteiger partial charge in [0.2, 0.25) is 5.95 Å². The molecule has 0 fully saturated rings. The number of rotatable bonds is 2. The van der Waals surface area contributed by atoms with Gasteiger partial charge in [0.25, 0.3) is 0 Å². The maximum atomic E-state index is 13.8. The predicted molar refractivity (Wildman–Crippen MR) is 67.0 cm³/mol. The SMILES string of the molecule is NNc1ncc(F)c(N2CCc3ccccc32)n1. The second-order valence-electron chi connectivity index (χ2n) is 4.04. The molecular formula is C12H12FN5. The van der Waals surface area contributed by atoms with E-state index in [2.05, 4.69) is 15.4 Å². The van der Waals surface area contributed by atoms with Gasteiger partial charge in [0.15, 0.2) is 11.6 Å². The van der Waals surface area contributed by atoms with Gasteiger partial charge in [-0.25, -0.2) is 15.2 Å². The molecule has 0 amide bonds. The minimum absolute atomic E-state index is 0.204. The Morgan fingerprint density at radius 2 is 2.17 bits per heavy atom. The number of nitrogens with one attached hydrogen (secondary N) is 1. The van der Waals surface area contributed by atoms with Gasteiger partial charge in [-0.3, -0.25) is 5.43 Å². The highest BCUT2D eigenvalue weighted by Crippen LogP contribution is 2.34. The molecule has 3 N–H and O–H groups in total. The molecule has 2 aromatic rings. The molecule has 1 aliphatic heterocycles. The maximum absolute atomic E-state index is 13.8. The summed E-state index contributed by atoms with van der Waals surface area (Å²) in [4.78, 5) is 9.65. The Labute approximate surface area is 103 Å². The van der Waals surface area contributed by atoms with Gasteiger partial charge in [0.1, 0.15) is 0 Å². The van der Waals surface area contributed by atoms with Gasteiger partial charge in [0.05, 0.1) is 6.20 Å². The zero-order valence-electron chi connectivity index (χ0n) is 9.60. The van der Waals surface area contributed by atoms with Crippen molar-refractivity contribution >= 4 is 17.5 Å². The van der Waals surface area contributed by atoms with E-state index >= 15 is 0 Å². The summed E-state index contributed by atoms with van der Waals surface area (Å²) < 4.78 is 13.8. The van der Waals surface area contributed by atoms with Crippen molar-refractivity contribution in [2.24, 2.45) is 5.84 Å². The van der Waals surface area contributed by atoms with E-state index in [4.69, 9.17) is 5.84 Å². The van der Waals surface area contributed by atoms with Crippen LogP contribution in [0.1, 0.15) is 5.56 Å². The van der Waals surface area contributed by atoms with Crippen molar-refractivity contribution in [3.63, 3.8) is 0 Å². The van der Waals surface area contributed by atoms with E-state index in [0.717, 1.165) is 18.3 Å². The first-order chi connectivity index (χ1) is 8.79. The average molecular weight is 245 g/mol. The van der Waals surface area contributed by atoms with Gasteiger partial charge >= 0.3 is 0 Å². The molecular weight excluding hydrogens is 233 g/mol. The van der Waals surface area contributed by atoms with Crippen LogP contribution in [0, 0.1) is 5.82 Å². The van der Waals surface area contributed by atoms with Crippen LogP contribution < -0.4 is 16.2 Å². The first-order valence-electron chi connectivity index (χ1n) is 5.64. The van der Waals surface area contributed by atoms with Crippen molar-refractivity contribution in [3.05, 3.63) is 41.8 Å². The van der Waals surface area contributed by atoms with E-state index < -0.39 is 5.82 Å². The Bertz CT molecular complexity index is 586. The Balaban J connectivity index is 2.07. The molecule has 0 unspecified atom stereocenters. The van der Waals surface area contributed by atoms with Gasteiger partial charge in [-0.1, -0.05) is 18.2 Å². The number of fused-ring (bicyclic) bond motifs is 1. The Kier molecular flexibility index (Phi) is 2.56. The zero-order chi connectivity index (χ0) is 12.5. The number of hydrogen-bond acceptors (Lipinski definition) is 5. The topological polar surface area (TPSA) is 67.1 Å². The van der Waals surface area contributed by atoms with Gasteiger partial charge in [-0.15, -0.1) is 0 Å². The molecule has 0 radical (unpaired) electrons. The van der Waals surface area contributed by atoms with Crippen molar-refractivity contribution in [3.8, 4) is 0 Å². The smallest absolute Gasteiger partial charge is 0.239 e. The summed E-state index contributed by atoms with van der Waals surface area (Å²) in [5.74, 6) is 5.25. The largest absolute Gasteiger partial charge is 0.323 e. The highest BCUT2D eigenvalue weighted by molar-refractivity contribution is 5.68. The van der Waals surface area contributed by atoms with Crippen LogP contribution in [-0.2, 0) is 6.42 Å². The lowest BCUT2D eigenvalue weighted by atomic mass is 10.2. The molecule has 1 aromatic heterocycles. The van der Waals surface area contributed by atoms with Crippen LogP contribution in [0.5, 0.6) is 0 Å². The number of para-hydroxylation sites is 1. The molecule has 3 rings (SSSR count). The van der Waals surface area contributed by atoms with Gasteiger partial charge < -0.3 is 4.90 Å². The monoisotopic (exact) mass is 245 g/mol. The summed E-state index contributed by atoms with van der Waals surface area (Å²) >= 11 is 0. The lowest BCUT2D eigenvalue weighted by Gasteiger charge is -2.19. The second kappa shape index (κ2) is 4.23. The Hall–Kier alpha value is -2.21. The highest BCUT2D eigenvalue weighted by Gasteiger charge is 2.23. The van der Waals surface area contributed by atoms with Crippen molar-refractivity contribution in [2.45, 2.75) is 6.42 Å². The zero-order valence-corrected chi connectivity index (χ0v) is 9.60. The summed E-state index contributed by atoms with van der Waals surface area (Å²) in [5, 5.41) is 0. The summed E-state index contributed by atoms with van der Waals surface area (Å²) in [7, 11) is 0. The number of hydrazine groups is 1. The summed E-state index contributed by atoms with van der Waals surface area (Å²) in [6.07, 6.45) is 2.00. The molecule has 0 aliphatic carbocycles. The molecule has 0 bridgehead atoms. The number of aromatic nitrogens is 2. The maximum Gasteiger partial charge on any atom is 0.239 e. The normalized spacial score (nSPS) is 13.6. The minimum atomic E-state index is -0.453. The van der Waals surface area contributed by atoms with Crippen LogP contribution in [0.25, 0.3) is 0 Å². The van der Waals surface area contributed by atoms with E-state index in [0.29, 0.717) is 6.54 Å². The number of halogens is 1. The minimum Gasteiger partial charge on any atom is -0.323 e. The van der Waals surface area contributed by atoms with E-state index in [1.54, 1.807) is 0 Å². The number of nitrogen functional groups attached to an aromatic ring is 1. The van der Waals surface area contributed by atoms with E-state index in [1.165, 1.54) is 5.56 Å². The summed E-state index contributed by atoms with van der Waals surface area (Å²) in [6.45, 7) is 0.706. The standard InChI is InChI=1S/C12H12FN5/c13-9-7-15-12(17-14)16-11(9)18-6-5-8-3-1-2-4-10(8)18/h1-4,7H,5-6,14H2,(H,15,16,17). The van der Waals surface area contributed by atoms with Crippen LogP contribution in [0.4, 0.5) is 21.8 Å². The highest BCUT2D eigenvalue weighted by atomic mass is 19.1. The van der Waals surface area contributed by atoms with E-state index in [9.17, 15) is 4.39 Å². The lowest BCUT2D eigenvalue weighted by Crippen LogP contribution is -2.19. The molecule has 2 heterocycles. The van der Waals surface area contributed by atoms with Crippen molar-refractivity contribution < 1.29 is 4.39 Å². The number of anilines is 3. The van der Waals surface area contributed by atoms with Crippen LogP contribution in [0.15, 0.2) is 30.5 Å². The third kappa shape index (κ3) is 1.67. The molecule has 1 aromatic carbocycles.